The minimum atomic E-state index is 0.519. The Bertz CT molecular complexity index is 387. The Morgan fingerprint density at radius 3 is 2.40 bits per heavy atom. The van der Waals surface area contributed by atoms with E-state index in [1.165, 1.54) is 25.9 Å². The topological polar surface area (TPSA) is 52.1 Å². The Kier molecular flexibility index (Phi) is 8.99. The van der Waals surface area contributed by atoms with Gasteiger partial charge in [-0.2, -0.15) is 0 Å². The largest absolute Gasteiger partial charge is 0.379 e. The molecule has 0 bridgehead atoms. The zero-order chi connectivity index (χ0) is 18.1. The molecule has 2 fully saturated rings. The van der Waals surface area contributed by atoms with Gasteiger partial charge in [-0.3, -0.25) is 9.89 Å². The number of hydrogen-bond acceptors (Lipinski definition) is 4. The van der Waals surface area contributed by atoms with E-state index in [-0.39, 0.29) is 0 Å². The molecule has 6 nitrogen and oxygen atoms in total. The van der Waals surface area contributed by atoms with Crippen LogP contribution in [0.5, 0.6) is 0 Å². The highest BCUT2D eigenvalue weighted by Crippen LogP contribution is 2.15. The number of rotatable bonds is 7. The lowest BCUT2D eigenvalue weighted by Gasteiger charge is -2.37. The fourth-order valence-electron chi connectivity index (χ4n) is 3.74. The van der Waals surface area contributed by atoms with Gasteiger partial charge in [-0.05, 0) is 37.8 Å². The third-order valence-corrected chi connectivity index (χ3v) is 5.58. The van der Waals surface area contributed by atoms with E-state index in [1.807, 2.05) is 7.05 Å². The molecule has 0 spiro atoms. The summed E-state index contributed by atoms with van der Waals surface area (Å²) in [5.41, 5.74) is 0. The van der Waals surface area contributed by atoms with Crippen LogP contribution in [-0.2, 0) is 4.74 Å². The molecule has 2 heterocycles. The third kappa shape index (κ3) is 7.12. The van der Waals surface area contributed by atoms with Gasteiger partial charge in [-0.25, -0.2) is 0 Å². The number of likely N-dealkylation sites (tertiary alicyclic amines) is 1. The summed E-state index contributed by atoms with van der Waals surface area (Å²) >= 11 is 0. The summed E-state index contributed by atoms with van der Waals surface area (Å²) < 4.78 is 5.49. The van der Waals surface area contributed by atoms with Gasteiger partial charge in [0, 0.05) is 45.8 Å². The third-order valence-electron chi connectivity index (χ3n) is 5.58. The first-order valence-corrected chi connectivity index (χ1v) is 10.1. The molecule has 2 N–H and O–H groups in total. The van der Waals surface area contributed by atoms with E-state index in [9.17, 15) is 0 Å². The van der Waals surface area contributed by atoms with Crippen LogP contribution in [0.4, 0.5) is 0 Å². The Hall–Kier alpha value is -0.850. The molecule has 0 aromatic carbocycles. The van der Waals surface area contributed by atoms with Gasteiger partial charge in [0.05, 0.1) is 13.2 Å². The number of guanidine groups is 1. The van der Waals surface area contributed by atoms with E-state index in [4.69, 9.17) is 4.74 Å². The van der Waals surface area contributed by atoms with Gasteiger partial charge in [0.25, 0.3) is 0 Å². The van der Waals surface area contributed by atoms with Gasteiger partial charge in [0.15, 0.2) is 5.96 Å². The number of morpholine rings is 1. The van der Waals surface area contributed by atoms with Crippen molar-refractivity contribution >= 4 is 5.96 Å². The van der Waals surface area contributed by atoms with Crippen molar-refractivity contribution < 1.29 is 4.74 Å². The maximum atomic E-state index is 5.49. The lowest BCUT2D eigenvalue weighted by Crippen LogP contribution is -2.53. The van der Waals surface area contributed by atoms with Crippen LogP contribution in [-0.4, -0.2) is 87.9 Å². The quantitative estimate of drug-likeness (QED) is 0.533. The molecule has 0 saturated carbocycles. The van der Waals surface area contributed by atoms with E-state index in [1.54, 1.807) is 0 Å². The van der Waals surface area contributed by atoms with Crippen LogP contribution in [0.2, 0.25) is 0 Å². The second kappa shape index (κ2) is 11.0. The molecule has 0 aromatic heterocycles. The van der Waals surface area contributed by atoms with E-state index >= 15 is 0 Å². The van der Waals surface area contributed by atoms with Crippen molar-refractivity contribution in [1.82, 2.24) is 20.4 Å². The fraction of sp³-hybridized carbons (Fsp3) is 0.947. The zero-order valence-corrected chi connectivity index (χ0v) is 16.8. The van der Waals surface area contributed by atoms with Gasteiger partial charge in [0.2, 0.25) is 0 Å². The molecule has 2 saturated heterocycles. The summed E-state index contributed by atoms with van der Waals surface area (Å²) in [5, 5.41) is 7.01. The lowest BCUT2D eigenvalue weighted by molar-refractivity contribution is 0.00752. The average molecular weight is 354 g/mol. The Labute approximate surface area is 154 Å². The normalized spacial score (nSPS) is 23.0. The summed E-state index contributed by atoms with van der Waals surface area (Å²) in [6.07, 6.45) is 2.67. The number of piperidine rings is 1. The SMILES string of the molecule is CN=C(NCCN1CCC(C)CC1)NCC(C(C)C)N1CCOCC1. The molecular weight excluding hydrogens is 314 g/mol. The number of hydrogen-bond donors (Lipinski definition) is 2. The Morgan fingerprint density at radius 1 is 1.12 bits per heavy atom. The predicted molar refractivity (Wildman–Crippen MR) is 105 cm³/mol. The van der Waals surface area contributed by atoms with E-state index < -0.39 is 0 Å². The first-order valence-electron chi connectivity index (χ1n) is 10.1. The summed E-state index contributed by atoms with van der Waals surface area (Å²) in [6, 6.07) is 0.519. The van der Waals surface area contributed by atoms with Crippen molar-refractivity contribution in [3.8, 4) is 0 Å². The van der Waals surface area contributed by atoms with Crippen LogP contribution in [0.3, 0.4) is 0 Å². The molecule has 2 rings (SSSR count). The summed E-state index contributed by atoms with van der Waals surface area (Å²) in [4.78, 5) is 9.50. The van der Waals surface area contributed by atoms with Crippen LogP contribution in [0.25, 0.3) is 0 Å². The number of ether oxygens (including phenoxy) is 1. The molecule has 0 aliphatic carbocycles. The van der Waals surface area contributed by atoms with E-state index in [2.05, 4.69) is 46.2 Å². The van der Waals surface area contributed by atoms with Crippen molar-refractivity contribution in [2.75, 3.05) is 66.1 Å². The van der Waals surface area contributed by atoms with E-state index in [0.717, 1.165) is 57.8 Å². The molecule has 0 radical (unpaired) electrons. The molecule has 1 unspecified atom stereocenters. The highest BCUT2D eigenvalue weighted by molar-refractivity contribution is 5.79. The summed E-state index contributed by atoms with van der Waals surface area (Å²) in [7, 11) is 1.86. The highest BCUT2D eigenvalue weighted by atomic mass is 16.5. The fourth-order valence-corrected chi connectivity index (χ4v) is 3.74. The molecule has 146 valence electrons. The first kappa shape index (κ1) is 20.5. The van der Waals surface area contributed by atoms with Crippen LogP contribution < -0.4 is 10.6 Å². The van der Waals surface area contributed by atoms with Gasteiger partial charge in [-0.1, -0.05) is 20.8 Å². The minimum Gasteiger partial charge on any atom is -0.379 e. The van der Waals surface area contributed by atoms with Crippen molar-refractivity contribution in [1.29, 1.82) is 0 Å². The summed E-state index contributed by atoms with van der Waals surface area (Å²) in [6.45, 7) is 16.2. The molecule has 2 aliphatic rings. The zero-order valence-electron chi connectivity index (χ0n) is 16.8. The highest BCUT2D eigenvalue weighted by Gasteiger charge is 2.24. The van der Waals surface area contributed by atoms with Gasteiger partial charge in [-0.15, -0.1) is 0 Å². The number of nitrogens with zero attached hydrogens (tertiary/aromatic N) is 3. The van der Waals surface area contributed by atoms with Gasteiger partial charge >= 0.3 is 0 Å². The van der Waals surface area contributed by atoms with Crippen molar-refractivity contribution in [3.05, 3.63) is 0 Å². The molecular formula is C19H39N5O. The van der Waals surface area contributed by atoms with Gasteiger partial charge in [0.1, 0.15) is 0 Å². The monoisotopic (exact) mass is 353 g/mol. The van der Waals surface area contributed by atoms with Crippen LogP contribution in [0.1, 0.15) is 33.6 Å². The molecule has 2 aliphatic heterocycles. The maximum Gasteiger partial charge on any atom is 0.191 e. The average Bonchev–Trinajstić information content (AvgIpc) is 2.62. The number of aliphatic imine (C=N–C) groups is 1. The summed E-state index contributed by atoms with van der Waals surface area (Å²) in [5.74, 6) is 2.43. The second-order valence-corrected chi connectivity index (χ2v) is 7.86. The predicted octanol–water partition coefficient (Wildman–Crippen LogP) is 1.24. The molecule has 1 atom stereocenters. The standard InChI is InChI=1S/C19H39N5O/c1-16(2)18(24-11-13-25-14-12-24)15-22-19(20-4)21-7-10-23-8-5-17(3)6-9-23/h16-18H,5-15H2,1-4H3,(H2,20,21,22). The minimum absolute atomic E-state index is 0.519. The molecule has 6 heteroatoms. The molecule has 0 aromatic rings. The molecule has 25 heavy (non-hydrogen) atoms. The van der Waals surface area contributed by atoms with Crippen LogP contribution in [0.15, 0.2) is 4.99 Å². The van der Waals surface area contributed by atoms with Crippen molar-refractivity contribution in [3.63, 3.8) is 0 Å². The van der Waals surface area contributed by atoms with E-state index in [0.29, 0.717) is 12.0 Å². The molecule has 0 amide bonds. The number of nitrogens with one attached hydrogen (secondary N) is 2. The van der Waals surface area contributed by atoms with Gasteiger partial charge < -0.3 is 20.3 Å². The Balaban J connectivity index is 1.69. The van der Waals surface area contributed by atoms with Crippen LogP contribution in [0, 0.1) is 11.8 Å². The van der Waals surface area contributed by atoms with Crippen molar-refractivity contribution in [2.45, 2.75) is 39.7 Å². The first-order chi connectivity index (χ1) is 12.1. The second-order valence-electron chi connectivity index (χ2n) is 7.86. The lowest BCUT2D eigenvalue weighted by atomic mass is 9.99. The maximum absolute atomic E-state index is 5.49. The smallest absolute Gasteiger partial charge is 0.191 e. The van der Waals surface area contributed by atoms with Crippen molar-refractivity contribution in [2.24, 2.45) is 16.8 Å². The van der Waals surface area contributed by atoms with Crippen LogP contribution >= 0.6 is 0 Å². The Morgan fingerprint density at radius 2 is 1.80 bits per heavy atom.